The van der Waals surface area contributed by atoms with Crippen molar-refractivity contribution >= 4 is 17.7 Å². The van der Waals surface area contributed by atoms with Crippen LogP contribution in [0.15, 0.2) is 29.2 Å². The average Bonchev–Trinajstić information content (AvgIpc) is 2.36. The Morgan fingerprint density at radius 2 is 2.17 bits per heavy atom. The lowest BCUT2D eigenvalue weighted by Gasteiger charge is -2.12. The van der Waals surface area contributed by atoms with Crippen LogP contribution in [0.1, 0.15) is 38.9 Å². The first-order valence-electron chi connectivity index (χ1n) is 6.27. The number of rotatable bonds is 6. The van der Waals surface area contributed by atoms with Crippen molar-refractivity contribution in [3.05, 3.63) is 29.8 Å². The zero-order chi connectivity index (χ0) is 13.5. The van der Waals surface area contributed by atoms with E-state index in [0.717, 1.165) is 23.4 Å². The highest BCUT2D eigenvalue weighted by Crippen LogP contribution is 2.26. The summed E-state index contributed by atoms with van der Waals surface area (Å²) < 4.78 is 0. The zero-order valence-corrected chi connectivity index (χ0v) is 12.0. The lowest BCUT2D eigenvalue weighted by atomic mass is 10.1. The van der Waals surface area contributed by atoms with Gasteiger partial charge in [-0.05, 0) is 38.0 Å². The normalized spacial score (nSPS) is 14.0. The van der Waals surface area contributed by atoms with Crippen LogP contribution in [0.2, 0.25) is 0 Å². The van der Waals surface area contributed by atoms with Gasteiger partial charge in [-0.15, -0.1) is 11.8 Å². The highest BCUT2D eigenvalue weighted by Gasteiger charge is 2.14. The van der Waals surface area contributed by atoms with E-state index < -0.39 is 6.10 Å². The molecular formula is C14H21NO2S. The van der Waals surface area contributed by atoms with Gasteiger partial charge in [-0.1, -0.05) is 19.1 Å². The lowest BCUT2D eigenvalue weighted by Crippen LogP contribution is -2.31. The molecule has 2 unspecified atom stereocenters. The van der Waals surface area contributed by atoms with Crippen LogP contribution in [-0.2, 0) is 4.79 Å². The van der Waals surface area contributed by atoms with E-state index in [1.54, 1.807) is 6.92 Å². The Labute approximate surface area is 113 Å². The van der Waals surface area contributed by atoms with Crippen molar-refractivity contribution in [2.45, 2.75) is 43.4 Å². The SMILES string of the molecule is CCCNC(=O)C(C)Sc1cccc(C(C)O)c1. The van der Waals surface area contributed by atoms with E-state index in [4.69, 9.17) is 0 Å². The van der Waals surface area contributed by atoms with Gasteiger partial charge in [-0.3, -0.25) is 4.79 Å². The monoisotopic (exact) mass is 267 g/mol. The second kappa shape index (κ2) is 7.44. The molecule has 0 bridgehead atoms. The zero-order valence-electron chi connectivity index (χ0n) is 11.1. The molecule has 0 aliphatic rings. The molecule has 0 radical (unpaired) electrons. The fourth-order valence-corrected chi connectivity index (χ4v) is 2.46. The van der Waals surface area contributed by atoms with Crippen LogP contribution in [0.4, 0.5) is 0 Å². The van der Waals surface area contributed by atoms with Gasteiger partial charge >= 0.3 is 0 Å². The number of nitrogens with one attached hydrogen (secondary N) is 1. The van der Waals surface area contributed by atoms with Gasteiger partial charge < -0.3 is 10.4 Å². The highest BCUT2D eigenvalue weighted by molar-refractivity contribution is 8.00. The smallest absolute Gasteiger partial charge is 0.233 e. The van der Waals surface area contributed by atoms with E-state index in [0.29, 0.717) is 0 Å². The molecular weight excluding hydrogens is 246 g/mol. The summed E-state index contributed by atoms with van der Waals surface area (Å²) in [7, 11) is 0. The third kappa shape index (κ3) is 4.70. The number of carbonyl (C=O) groups excluding carboxylic acids is 1. The third-order valence-electron chi connectivity index (χ3n) is 2.57. The lowest BCUT2D eigenvalue weighted by molar-refractivity contribution is -0.120. The van der Waals surface area contributed by atoms with Crippen LogP contribution in [0.3, 0.4) is 0 Å². The van der Waals surface area contributed by atoms with Gasteiger partial charge in [0.1, 0.15) is 0 Å². The Balaban J connectivity index is 2.61. The van der Waals surface area contributed by atoms with Crippen LogP contribution >= 0.6 is 11.8 Å². The Bertz CT molecular complexity index is 393. The first-order valence-corrected chi connectivity index (χ1v) is 7.15. The molecule has 1 rings (SSSR count). The molecule has 0 fully saturated rings. The number of hydrogen-bond acceptors (Lipinski definition) is 3. The highest BCUT2D eigenvalue weighted by atomic mass is 32.2. The molecule has 2 atom stereocenters. The fraction of sp³-hybridized carbons (Fsp3) is 0.500. The van der Waals surface area contributed by atoms with E-state index >= 15 is 0 Å². The van der Waals surface area contributed by atoms with Gasteiger partial charge in [0.25, 0.3) is 0 Å². The minimum Gasteiger partial charge on any atom is -0.389 e. The summed E-state index contributed by atoms with van der Waals surface area (Å²) in [4.78, 5) is 12.8. The van der Waals surface area contributed by atoms with Crippen molar-refractivity contribution in [2.24, 2.45) is 0 Å². The van der Waals surface area contributed by atoms with Gasteiger partial charge in [0.05, 0.1) is 11.4 Å². The summed E-state index contributed by atoms with van der Waals surface area (Å²) in [5.74, 6) is 0.0595. The molecule has 2 N–H and O–H groups in total. The molecule has 0 heterocycles. The summed E-state index contributed by atoms with van der Waals surface area (Å²) in [5.41, 5.74) is 0.876. The van der Waals surface area contributed by atoms with Crippen LogP contribution in [-0.4, -0.2) is 22.8 Å². The van der Waals surface area contributed by atoms with Crippen LogP contribution in [0.5, 0.6) is 0 Å². The van der Waals surface area contributed by atoms with E-state index in [9.17, 15) is 9.90 Å². The number of thioether (sulfide) groups is 1. The number of benzene rings is 1. The number of aliphatic hydroxyl groups is 1. The minimum atomic E-state index is -0.477. The predicted molar refractivity (Wildman–Crippen MR) is 75.7 cm³/mol. The first kappa shape index (κ1) is 15.1. The average molecular weight is 267 g/mol. The number of amides is 1. The van der Waals surface area contributed by atoms with Gasteiger partial charge in [-0.25, -0.2) is 0 Å². The maximum Gasteiger partial charge on any atom is 0.233 e. The number of hydrogen-bond donors (Lipinski definition) is 2. The maximum atomic E-state index is 11.7. The Hall–Kier alpha value is -1.00. The Morgan fingerprint density at radius 3 is 2.78 bits per heavy atom. The van der Waals surface area contributed by atoms with Gasteiger partial charge in [0.2, 0.25) is 5.91 Å². The van der Waals surface area contributed by atoms with Gasteiger partial charge in [0, 0.05) is 11.4 Å². The molecule has 1 aromatic carbocycles. The molecule has 0 saturated carbocycles. The number of aliphatic hydroxyl groups excluding tert-OH is 1. The largest absolute Gasteiger partial charge is 0.389 e. The molecule has 4 heteroatoms. The standard InChI is InChI=1S/C14H21NO2S/c1-4-8-15-14(17)11(3)18-13-7-5-6-12(9-13)10(2)16/h5-7,9-11,16H,4,8H2,1-3H3,(H,15,17). The van der Waals surface area contributed by atoms with E-state index in [-0.39, 0.29) is 11.2 Å². The topological polar surface area (TPSA) is 49.3 Å². The fourth-order valence-electron chi connectivity index (χ4n) is 1.50. The second-order valence-corrected chi connectivity index (χ2v) is 5.71. The molecule has 100 valence electrons. The van der Waals surface area contributed by atoms with Crippen LogP contribution in [0, 0.1) is 0 Å². The molecule has 1 aromatic rings. The summed E-state index contributed by atoms with van der Waals surface area (Å²) in [6, 6.07) is 7.68. The quantitative estimate of drug-likeness (QED) is 0.779. The van der Waals surface area contributed by atoms with E-state index in [1.807, 2.05) is 38.1 Å². The third-order valence-corrected chi connectivity index (χ3v) is 3.67. The summed E-state index contributed by atoms with van der Waals surface area (Å²) in [6.45, 7) is 6.38. The minimum absolute atomic E-state index is 0.0595. The van der Waals surface area contributed by atoms with Crippen molar-refractivity contribution in [1.82, 2.24) is 5.32 Å². The summed E-state index contributed by atoms with van der Waals surface area (Å²) in [5, 5.41) is 12.3. The van der Waals surface area contributed by atoms with Crippen LogP contribution in [0.25, 0.3) is 0 Å². The molecule has 0 aliphatic heterocycles. The second-order valence-electron chi connectivity index (χ2n) is 4.30. The maximum absolute atomic E-state index is 11.7. The summed E-state index contributed by atoms with van der Waals surface area (Å²) in [6.07, 6.45) is 0.468. The van der Waals surface area contributed by atoms with E-state index in [1.165, 1.54) is 11.8 Å². The van der Waals surface area contributed by atoms with E-state index in [2.05, 4.69) is 5.32 Å². The van der Waals surface area contributed by atoms with Crippen molar-refractivity contribution < 1.29 is 9.90 Å². The predicted octanol–water partition coefficient (Wildman–Crippen LogP) is 2.75. The molecule has 18 heavy (non-hydrogen) atoms. The molecule has 0 saturated heterocycles. The van der Waals surface area contributed by atoms with Gasteiger partial charge in [0.15, 0.2) is 0 Å². The van der Waals surface area contributed by atoms with Crippen molar-refractivity contribution in [3.63, 3.8) is 0 Å². The molecule has 0 spiro atoms. The van der Waals surface area contributed by atoms with Crippen molar-refractivity contribution in [1.29, 1.82) is 0 Å². The Morgan fingerprint density at radius 1 is 1.44 bits per heavy atom. The van der Waals surface area contributed by atoms with Crippen molar-refractivity contribution in [2.75, 3.05) is 6.54 Å². The molecule has 0 aromatic heterocycles. The molecule has 1 amide bonds. The summed E-state index contributed by atoms with van der Waals surface area (Å²) >= 11 is 1.51. The molecule has 3 nitrogen and oxygen atoms in total. The van der Waals surface area contributed by atoms with Crippen LogP contribution < -0.4 is 5.32 Å². The molecule has 0 aliphatic carbocycles. The number of carbonyl (C=O) groups is 1. The van der Waals surface area contributed by atoms with Gasteiger partial charge in [-0.2, -0.15) is 0 Å². The van der Waals surface area contributed by atoms with Crippen molar-refractivity contribution in [3.8, 4) is 0 Å². The first-order chi connectivity index (χ1) is 8.54. The Kier molecular flexibility index (Phi) is 6.22.